The molecule has 1 aliphatic heterocycles. The number of hydrogen-bond donors (Lipinski definition) is 2. The number of aryl methyl sites for hydroxylation is 1. The van der Waals surface area contributed by atoms with Crippen LogP contribution >= 0.6 is 11.3 Å². The highest BCUT2D eigenvalue weighted by Gasteiger charge is 2.08. The Morgan fingerprint density at radius 3 is 3.05 bits per heavy atom. The zero-order chi connectivity index (χ0) is 13.8. The smallest absolute Gasteiger partial charge is 0.0305 e. The van der Waals surface area contributed by atoms with Crippen LogP contribution in [-0.4, -0.2) is 6.54 Å². The molecule has 2 heterocycles. The lowest BCUT2D eigenvalue weighted by atomic mass is 9.98. The number of nitrogens with one attached hydrogen (secondary N) is 2. The summed E-state index contributed by atoms with van der Waals surface area (Å²) < 4.78 is 0. The van der Waals surface area contributed by atoms with Gasteiger partial charge in [0.15, 0.2) is 0 Å². The normalized spacial score (nSPS) is 14.2. The second-order valence-corrected chi connectivity index (χ2v) is 6.36. The van der Waals surface area contributed by atoms with Gasteiger partial charge in [0.05, 0.1) is 0 Å². The van der Waals surface area contributed by atoms with Crippen LogP contribution in [-0.2, 0) is 32.5 Å². The first-order valence-electron chi connectivity index (χ1n) is 7.44. The minimum absolute atomic E-state index is 0.953. The summed E-state index contributed by atoms with van der Waals surface area (Å²) in [4.78, 5) is 1.48. The maximum absolute atomic E-state index is 3.58. The molecule has 0 atom stereocenters. The Balaban J connectivity index is 1.58. The molecule has 0 amide bonds. The molecule has 1 aliphatic rings. The maximum atomic E-state index is 3.58. The largest absolute Gasteiger partial charge is 0.312 e. The Labute approximate surface area is 125 Å². The second-order valence-electron chi connectivity index (χ2n) is 5.36. The molecule has 2 N–H and O–H groups in total. The molecule has 3 rings (SSSR count). The van der Waals surface area contributed by atoms with Crippen molar-refractivity contribution in [1.29, 1.82) is 0 Å². The molecule has 0 saturated carbocycles. The number of rotatable bonds is 5. The van der Waals surface area contributed by atoms with Crippen molar-refractivity contribution in [3.8, 4) is 0 Å². The van der Waals surface area contributed by atoms with E-state index in [0.717, 1.165) is 39.0 Å². The zero-order valence-electron chi connectivity index (χ0n) is 12.0. The third-order valence-corrected chi connectivity index (χ3v) is 4.95. The van der Waals surface area contributed by atoms with Crippen LogP contribution in [0.5, 0.6) is 0 Å². The summed E-state index contributed by atoms with van der Waals surface area (Å²) >= 11 is 1.86. The van der Waals surface area contributed by atoms with E-state index in [1.165, 1.54) is 27.1 Å². The minimum Gasteiger partial charge on any atom is -0.312 e. The first-order chi connectivity index (χ1) is 9.86. The molecule has 0 radical (unpaired) electrons. The molecule has 1 aromatic heterocycles. The zero-order valence-corrected chi connectivity index (χ0v) is 12.9. The van der Waals surface area contributed by atoms with Gasteiger partial charge in [-0.3, -0.25) is 0 Å². The fraction of sp³-hybridized carbons (Fsp3) is 0.412. The Morgan fingerprint density at radius 2 is 2.15 bits per heavy atom. The highest BCUT2D eigenvalue weighted by molar-refractivity contribution is 7.10. The van der Waals surface area contributed by atoms with Crippen LogP contribution in [0.1, 0.15) is 34.1 Å². The first-order valence-corrected chi connectivity index (χ1v) is 8.32. The lowest BCUT2D eigenvalue weighted by molar-refractivity contribution is 0.639. The molecule has 1 aromatic carbocycles. The quantitative estimate of drug-likeness (QED) is 0.881. The van der Waals surface area contributed by atoms with Crippen molar-refractivity contribution in [1.82, 2.24) is 10.6 Å². The van der Waals surface area contributed by atoms with Crippen molar-refractivity contribution in [2.24, 2.45) is 0 Å². The van der Waals surface area contributed by atoms with E-state index in [1.54, 1.807) is 0 Å². The van der Waals surface area contributed by atoms with E-state index in [-0.39, 0.29) is 0 Å². The summed E-state index contributed by atoms with van der Waals surface area (Å²) in [5, 5.41) is 9.21. The third kappa shape index (κ3) is 3.11. The summed E-state index contributed by atoms with van der Waals surface area (Å²) in [5.41, 5.74) is 5.86. The molecule has 0 aliphatic carbocycles. The van der Waals surface area contributed by atoms with E-state index in [9.17, 15) is 0 Å². The van der Waals surface area contributed by atoms with Gasteiger partial charge in [-0.15, -0.1) is 11.3 Å². The van der Waals surface area contributed by atoms with E-state index in [4.69, 9.17) is 0 Å². The molecule has 0 unspecified atom stereocenters. The van der Waals surface area contributed by atoms with E-state index in [2.05, 4.69) is 47.2 Å². The minimum atomic E-state index is 0.953. The highest BCUT2D eigenvalue weighted by atomic mass is 32.1. The Morgan fingerprint density at radius 1 is 1.20 bits per heavy atom. The molecule has 0 spiro atoms. The van der Waals surface area contributed by atoms with Crippen molar-refractivity contribution >= 4 is 11.3 Å². The number of thiophene rings is 1. The van der Waals surface area contributed by atoms with Crippen LogP contribution < -0.4 is 10.6 Å². The fourth-order valence-electron chi connectivity index (χ4n) is 2.80. The summed E-state index contributed by atoms with van der Waals surface area (Å²) in [6.45, 7) is 6.30. The van der Waals surface area contributed by atoms with E-state index in [0.29, 0.717) is 0 Å². The number of hydrogen-bond acceptors (Lipinski definition) is 3. The lowest BCUT2D eigenvalue weighted by Crippen LogP contribution is -2.24. The van der Waals surface area contributed by atoms with E-state index < -0.39 is 0 Å². The van der Waals surface area contributed by atoms with Crippen molar-refractivity contribution in [2.75, 3.05) is 6.54 Å². The molecule has 2 nitrogen and oxygen atoms in total. The van der Waals surface area contributed by atoms with Crippen molar-refractivity contribution < 1.29 is 0 Å². The molecule has 0 fully saturated rings. The van der Waals surface area contributed by atoms with Crippen molar-refractivity contribution in [2.45, 2.75) is 39.4 Å². The Kier molecular flexibility index (Phi) is 4.51. The van der Waals surface area contributed by atoms with Gasteiger partial charge in [-0.25, -0.2) is 0 Å². The van der Waals surface area contributed by atoms with Gasteiger partial charge in [0.1, 0.15) is 0 Å². The first kappa shape index (κ1) is 13.8. The van der Waals surface area contributed by atoms with Gasteiger partial charge in [0, 0.05) is 24.5 Å². The van der Waals surface area contributed by atoms with E-state index in [1.807, 2.05) is 11.3 Å². The predicted molar refractivity (Wildman–Crippen MR) is 86.1 cm³/mol. The molecule has 106 valence electrons. The summed E-state index contributed by atoms with van der Waals surface area (Å²) in [5.74, 6) is 0. The third-order valence-electron chi connectivity index (χ3n) is 3.99. The fourth-order valence-corrected chi connectivity index (χ4v) is 3.75. The second kappa shape index (κ2) is 6.53. The van der Waals surface area contributed by atoms with Crippen LogP contribution in [0.2, 0.25) is 0 Å². The van der Waals surface area contributed by atoms with Gasteiger partial charge in [-0.1, -0.05) is 25.1 Å². The highest BCUT2D eigenvalue weighted by Crippen LogP contribution is 2.18. The van der Waals surface area contributed by atoms with Gasteiger partial charge < -0.3 is 10.6 Å². The summed E-state index contributed by atoms with van der Waals surface area (Å²) in [6, 6.07) is 9.16. The van der Waals surface area contributed by atoms with Crippen LogP contribution in [0, 0.1) is 0 Å². The lowest BCUT2D eigenvalue weighted by Gasteiger charge is -2.18. The van der Waals surface area contributed by atoms with Crippen LogP contribution in [0.3, 0.4) is 0 Å². The SMILES string of the molecule is CCc1ccsc1CNCc1ccc2c(c1)CNCC2. The van der Waals surface area contributed by atoms with Gasteiger partial charge in [0.25, 0.3) is 0 Å². The maximum Gasteiger partial charge on any atom is 0.0305 e. The molecular formula is C17H22N2S. The van der Waals surface area contributed by atoms with E-state index >= 15 is 0 Å². The Bertz CT molecular complexity index is 574. The predicted octanol–water partition coefficient (Wildman–Crippen LogP) is 3.25. The molecular weight excluding hydrogens is 264 g/mol. The standard InChI is InChI=1S/C17H22N2S/c1-2-14-6-8-20-17(14)12-19-10-13-3-4-15-5-7-18-11-16(15)9-13/h3-4,6,8-9,18-19H,2,5,7,10-12H2,1H3. The molecule has 3 heteroatoms. The van der Waals surface area contributed by atoms with Gasteiger partial charge in [-0.05, 0) is 53.1 Å². The molecule has 20 heavy (non-hydrogen) atoms. The Hall–Kier alpha value is -1.16. The summed E-state index contributed by atoms with van der Waals surface area (Å²) in [7, 11) is 0. The van der Waals surface area contributed by atoms with Gasteiger partial charge in [0.2, 0.25) is 0 Å². The van der Waals surface area contributed by atoms with Crippen molar-refractivity contribution in [3.05, 3.63) is 56.8 Å². The van der Waals surface area contributed by atoms with Crippen LogP contribution in [0.25, 0.3) is 0 Å². The topological polar surface area (TPSA) is 24.1 Å². The van der Waals surface area contributed by atoms with Gasteiger partial charge in [-0.2, -0.15) is 0 Å². The number of benzene rings is 1. The molecule has 2 aromatic rings. The summed E-state index contributed by atoms with van der Waals surface area (Å²) in [6.07, 6.45) is 2.29. The number of fused-ring (bicyclic) bond motifs is 1. The monoisotopic (exact) mass is 286 g/mol. The van der Waals surface area contributed by atoms with Crippen molar-refractivity contribution in [3.63, 3.8) is 0 Å². The van der Waals surface area contributed by atoms with Crippen LogP contribution in [0.4, 0.5) is 0 Å². The van der Waals surface area contributed by atoms with Crippen LogP contribution in [0.15, 0.2) is 29.6 Å². The average molecular weight is 286 g/mol. The molecule has 0 bridgehead atoms. The average Bonchev–Trinajstić information content (AvgIpc) is 2.95. The van der Waals surface area contributed by atoms with Gasteiger partial charge >= 0.3 is 0 Å². The molecule has 0 saturated heterocycles.